The van der Waals surface area contributed by atoms with Gasteiger partial charge in [0.1, 0.15) is 12.0 Å². The number of unbranched alkanes of at least 4 members (excludes halogenated alkanes) is 3. The van der Waals surface area contributed by atoms with Crippen molar-refractivity contribution in [3.8, 4) is 0 Å². The first kappa shape index (κ1) is 20.1. The molecule has 1 saturated heterocycles. The highest BCUT2D eigenvalue weighted by Crippen LogP contribution is 2.26. The van der Waals surface area contributed by atoms with Gasteiger partial charge in [0.05, 0.1) is 6.10 Å². The van der Waals surface area contributed by atoms with Crippen LogP contribution < -0.4 is 16.5 Å². The van der Waals surface area contributed by atoms with E-state index >= 15 is 0 Å². The Kier molecular flexibility index (Phi) is 7.73. The monoisotopic (exact) mass is 366 g/mol. The van der Waals surface area contributed by atoms with Crippen LogP contribution in [-0.2, 0) is 14.3 Å². The molecule has 3 N–H and O–H groups in total. The molecule has 2 rings (SSSR count). The van der Waals surface area contributed by atoms with Gasteiger partial charge in [0, 0.05) is 19.0 Å². The largest absolute Gasteiger partial charge is 0.355 e. The fraction of sp³-hybridized carbons (Fsp3) is 0.647. The topological polar surface area (TPSA) is 123 Å². The second kappa shape index (κ2) is 10.0. The molecule has 1 aromatic rings. The van der Waals surface area contributed by atoms with Crippen LogP contribution in [0.2, 0.25) is 0 Å². The molecule has 0 bridgehead atoms. The number of ether oxygens (including phenoxy) is 1. The maximum Gasteiger partial charge on any atom is 0.351 e. The van der Waals surface area contributed by atoms with E-state index in [-0.39, 0.29) is 30.5 Å². The highest BCUT2D eigenvalue weighted by atomic mass is 16.5. The van der Waals surface area contributed by atoms with Gasteiger partial charge in [-0.3, -0.25) is 19.4 Å². The van der Waals surface area contributed by atoms with E-state index in [0.29, 0.717) is 19.3 Å². The van der Waals surface area contributed by atoms with E-state index < -0.39 is 11.6 Å². The minimum atomic E-state index is -0.441. The van der Waals surface area contributed by atoms with Gasteiger partial charge in [0.25, 0.3) is 0 Å². The zero-order chi connectivity index (χ0) is 18.9. The predicted molar refractivity (Wildman–Crippen MR) is 93.6 cm³/mol. The first-order valence-corrected chi connectivity index (χ1v) is 8.97. The Balaban J connectivity index is 1.71. The van der Waals surface area contributed by atoms with Crippen LogP contribution in [0.3, 0.4) is 0 Å². The van der Waals surface area contributed by atoms with Crippen molar-refractivity contribution in [3.63, 3.8) is 0 Å². The fourth-order valence-electron chi connectivity index (χ4n) is 2.87. The van der Waals surface area contributed by atoms with Crippen LogP contribution >= 0.6 is 0 Å². The molecule has 1 aliphatic heterocycles. The number of nitrogens with zero attached hydrogens (tertiary/aromatic N) is 2. The number of hydroxylamine groups is 1. The minimum Gasteiger partial charge on any atom is -0.355 e. The normalized spacial score (nSPS) is 19.3. The van der Waals surface area contributed by atoms with Crippen molar-refractivity contribution in [1.29, 1.82) is 0 Å². The second-order valence-corrected chi connectivity index (χ2v) is 6.48. The zero-order valence-electron chi connectivity index (χ0n) is 14.9. The van der Waals surface area contributed by atoms with Crippen LogP contribution in [0.5, 0.6) is 0 Å². The molecule has 2 heterocycles. The number of amides is 2. The van der Waals surface area contributed by atoms with Crippen molar-refractivity contribution in [3.05, 3.63) is 22.7 Å². The summed E-state index contributed by atoms with van der Waals surface area (Å²) in [5.74, 6) is -0.364. The van der Waals surface area contributed by atoms with Gasteiger partial charge in [-0.15, -0.1) is 0 Å². The second-order valence-electron chi connectivity index (χ2n) is 6.48. The molecule has 1 fully saturated rings. The highest BCUT2D eigenvalue weighted by molar-refractivity contribution is 5.89. The molecular formula is C17H26N4O5. The van der Waals surface area contributed by atoms with Crippen LogP contribution in [0.1, 0.15) is 64.5 Å². The molecule has 26 heavy (non-hydrogen) atoms. The highest BCUT2D eigenvalue weighted by Gasteiger charge is 2.24. The fourth-order valence-corrected chi connectivity index (χ4v) is 2.87. The molecule has 2 amide bonds. The first-order valence-electron chi connectivity index (χ1n) is 8.97. The molecule has 1 aromatic heterocycles. The van der Waals surface area contributed by atoms with E-state index in [4.69, 9.17) is 9.94 Å². The van der Waals surface area contributed by atoms with Crippen molar-refractivity contribution in [1.82, 2.24) is 15.0 Å². The lowest BCUT2D eigenvalue weighted by molar-refractivity contribution is -0.129. The van der Waals surface area contributed by atoms with Gasteiger partial charge >= 0.3 is 5.69 Å². The van der Waals surface area contributed by atoms with E-state index in [1.807, 2.05) is 6.92 Å². The van der Waals surface area contributed by atoms with E-state index in [0.717, 1.165) is 25.7 Å². The summed E-state index contributed by atoms with van der Waals surface area (Å²) in [5, 5.41) is 11.0. The molecule has 9 heteroatoms. The Bertz CT molecular complexity index is 675. The summed E-state index contributed by atoms with van der Waals surface area (Å²) in [4.78, 5) is 38.7. The average molecular weight is 366 g/mol. The third kappa shape index (κ3) is 6.23. The van der Waals surface area contributed by atoms with Gasteiger partial charge < -0.3 is 10.1 Å². The van der Waals surface area contributed by atoms with Crippen molar-refractivity contribution in [2.75, 3.05) is 5.32 Å². The molecule has 0 radical (unpaired) electrons. The molecule has 0 saturated carbocycles. The Morgan fingerprint density at radius 3 is 2.50 bits per heavy atom. The van der Waals surface area contributed by atoms with Crippen molar-refractivity contribution in [2.24, 2.45) is 0 Å². The van der Waals surface area contributed by atoms with Crippen molar-refractivity contribution >= 4 is 17.6 Å². The third-order valence-electron chi connectivity index (χ3n) is 4.30. The summed E-state index contributed by atoms with van der Waals surface area (Å²) < 4.78 is 7.10. The Morgan fingerprint density at radius 2 is 1.92 bits per heavy atom. The summed E-state index contributed by atoms with van der Waals surface area (Å²) in [5.41, 5.74) is 1.14. The SMILES string of the molecule is CC1CCC(n2ccc(NC(=O)CCCCCCC(=O)NO)nc2=O)O1. The van der Waals surface area contributed by atoms with Gasteiger partial charge in [0.2, 0.25) is 11.8 Å². The van der Waals surface area contributed by atoms with E-state index in [2.05, 4.69) is 10.3 Å². The van der Waals surface area contributed by atoms with Crippen LogP contribution in [0.25, 0.3) is 0 Å². The lowest BCUT2D eigenvalue weighted by atomic mass is 10.1. The van der Waals surface area contributed by atoms with Gasteiger partial charge in [-0.1, -0.05) is 12.8 Å². The van der Waals surface area contributed by atoms with Gasteiger partial charge in [-0.2, -0.15) is 4.98 Å². The van der Waals surface area contributed by atoms with Crippen LogP contribution in [0.15, 0.2) is 17.1 Å². The number of anilines is 1. The van der Waals surface area contributed by atoms with Gasteiger partial charge in [-0.25, -0.2) is 10.3 Å². The standard InChI is InChI=1S/C17H26N4O5/c1-12-8-9-16(26-12)21-11-10-13(19-17(21)24)18-14(22)6-4-2-3-5-7-15(23)20-25/h10-12,16,25H,2-9H2,1H3,(H,20,23)(H,18,19,22,24). The Labute approximate surface area is 151 Å². The maximum absolute atomic E-state index is 12.1. The number of hydrogen-bond donors (Lipinski definition) is 3. The molecule has 144 valence electrons. The van der Waals surface area contributed by atoms with Crippen LogP contribution in [-0.4, -0.2) is 32.7 Å². The number of rotatable bonds is 9. The zero-order valence-corrected chi connectivity index (χ0v) is 14.9. The summed E-state index contributed by atoms with van der Waals surface area (Å²) in [7, 11) is 0. The summed E-state index contributed by atoms with van der Waals surface area (Å²) in [6.45, 7) is 1.97. The number of carbonyl (C=O) groups excluding carboxylic acids is 2. The molecule has 1 aliphatic rings. The Hall–Kier alpha value is -2.26. The number of aromatic nitrogens is 2. The maximum atomic E-state index is 12.1. The summed E-state index contributed by atoms with van der Waals surface area (Å²) in [6.07, 6.45) is 6.65. The summed E-state index contributed by atoms with van der Waals surface area (Å²) >= 11 is 0. The molecule has 2 atom stereocenters. The first-order chi connectivity index (χ1) is 12.5. The summed E-state index contributed by atoms with van der Waals surface area (Å²) in [6, 6.07) is 1.60. The van der Waals surface area contributed by atoms with Crippen molar-refractivity contribution in [2.45, 2.75) is 70.6 Å². The predicted octanol–water partition coefficient (Wildman–Crippen LogP) is 1.73. The minimum absolute atomic E-state index is 0.129. The molecule has 0 aliphatic carbocycles. The van der Waals surface area contributed by atoms with E-state index in [1.54, 1.807) is 17.7 Å². The van der Waals surface area contributed by atoms with Gasteiger partial charge in [-0.05, 0) is 38.7 Å². The molecule has 0 spiro atoms. The Morgan fingerprint density at radius 1 is 1.23 bits per heavy atom. The van der Waals surface area contributed by atoms with E-state index in [1.165, 1.54) is 4.57 Å². The number of hydrogen-bond acceptors (Lipinski definition) is 6. The van der Waals surface area contributed by atoms with Crippen LogP contribution in [0, 0.1) is 0 Å². The molecular weight excluding hydrogens is 340 g/mol. The smallest absolute Gasteiger partial charge is 0.351 e. The molecule has 0 aromatic carbocycles. The number of nitrogens with one attached hydrogen (secondary N) is 2. The number of carbonyl (C=O) groups is 2. The third-order valence-corrected chi connectivity index (χ3v) is 4.30. The molecule has 2 unspecified atom stereocenters. The van der Waals surface area contributed by atoms with Crippen molar-refractivity contribution < 1.29 is 19.5 Å². The van der Waals surface area contributed by atoms with Gasteiger partial charge in [0.15, 0.2) is 0 Å². The van der Waals surface area contributed by atoms with Crippen LogP contribution in [0.4, 0.5) is 5.82 Å². The quantitative estimate of drug-likeness (QED) is 0.347. The van der Waals surface area contributed by atoms with E-state index in [9.17, 15) is 14.4 Å². The lowest BCUT2D eigenvalue weighted by Gasteiger charge is -2.14. The average Bonchev–Trinajstić information content (AvgIpc) is 3.03. The molecule has 9 nitrogen and oxygen atoms in total. The lowest BCUT2D eigenvalue weighted by Crippen LogP contribution is -2.28.